The molecule has 18 heavy (non-hydrogen) atoms. The van der Waals surface area contributed by atoms with Crippen LogP contribution >= 0.6 is 11.8 Å². The molecule has 0 radical (unpaired) electrons. The summed E-state index contributed by atoms with van der Waals surface area (Å²) in [5, 5.41) is 6.04. The van der Waals surface area contributed by atoms with Crippen LogP contribution in [-0.4, -0.2) is 41.9 Å². The SMILES string of the molecule is CCCNC(CCSCC(=O)NC1CC1)C(N)=O. The van der Waals surface area contributed by atoms with E-state index < -0.39 is 0 Å². The molecule has 2 amide bonds. The fourth-order valence-electron chi connectivity index (χ4n) is 1.53. The van der Waals surface area contributed by atoms with E-state index >= 15 is 0 Å². The molecule has 0 aromatic rings. The maximum Gasteiger partial charge on any atom is 0.234 e. The Morgan fingerprint density at radius 3 is 2.72 bits per heavy atom. The van der Waals surface area contributed by atoms with Crippen LogP contribution in [-0.2, 0) is 9.59 Å². The van der Waals surface area contributed by atoms with Gasteiger partial charge in [-0.25, -0.2) is 0 Å². The minimum atomic E-state index is -0.313. The third-order valence-corrected chi connectivity index (χ3v) is 3.70. The van der Waals surface area contributed by atoms with Gasteiger partial charge in [-0.15, -0.1) is 0 Å². The molecule has 1 atom stereocenters. The van der Waals surface area contributed by atoms with Crippen molar-refractivity contribution < 1.29 is 9.59 Å². The van der Waals surface area contributed by atoms with Crippen molar-refractivity contribution >= 4 is 23.6 Å². The third kappa shape index (κ3) is 6.86. The molecule has 0 saturated heterocycles. The number of rotatable bonds is 10. The number of nitrogens with one attached hydrogen (secondary N) is 2. The maximum absolute atomic E-state index is 11.4. The van der Waals surface area contributed by atoms with Gasteiger partial charge in [0.25, 0.3) is 0 Å². The second-order valence-corrected chi connectivity index (χ2v) is 5.70. The molecular formula is C12H23N3O2S. The van der Waals surface area contributed by atoms with Crippen LogP contribution in [0.3, 0.4) is 0 Å². The molecule has 0 bridgehead atoms. The van der Waals surface area contributed by atoms with E-state index in [0.29, 0.717) is 18.2 Å². The second-order valence-electron chi connectivity index (χ2n) is 4.59. The Bertz CT molecular complexity index is 282. The van der Waals surface area contributed by atoms with Crippen LogP contribution in [0.5, 0.6) is 0 Å². The number of nitrogens with two attached hydrogens (primary N) is 1. The van der Waals surface area contributed by atoms with Crippen molar-refractivity contribution in [1.29, 1.82) is 0 Å². The van der Waals surface area contributed by atoms with Gasteiger partial charge in [-0.05, 0) is 38.0 Å². The van der Waals surface area contributed by atoms with Crippen molar-refractivity contribution in [2.45, 2.75) is 44.7 Å². The number of primary amides is 1. The molecule has 1 rings (SSSR count). The molecular weight excluding hydrogens is 250 g/mol. The van der Waals surface area contributed by atoms with E-state index in [9.17, 15) is 9.59 Å². The summed E-state index contributed by atoms with van der Waals surface area (Å²) in [6.45, 7) is 2.84. The predicted octanol–water partition coefficient (Wildman–Crippen LogP) is 0.242. The summed E-state index contributed by atoms with van der Waals surface area (Å²) in [4.78, 5) is 22.6. The molecule has 1 saturated carbocycles. The largest absolute Gasteiger partial charge is 0.368 e. The lowest BCUT2D eigenvalue weighted by Gasteiger charge is -2.14. The topological polar surface area (TPSA) is 84.2 Å². The molecule has 4 N–H and O–H groups in total. The highest BCUT2D eigenvalue weighted by Gasteiger charge is 2.23. The van der Waals surface area contributed by atoms with Crippen LogP contribution in [0.2, 0.25) is 0 Å². The zero-order valence-corrected chi connectivity index (χ0v) is 11.7. The van der Waals surface area contributed by atoms with Crippen molar-refractivity contribution in [1.82, 2.24) is 10.6 Å². The molecule has 1 aliphatic rings. The molecule has 0 heterocycles. The Morgan fingerprint density at radius 2 is 2.17 bits per heavy atom. The first-order chi connectivity index (χ1) is 8.63. The summed E-state index contributed by atoms with van der Waals surface area (Å²) < 4.78 is 0. The Labute approximate surface area is 113 Å². The van der Waals surface area contributed by atoms with Gasteiger partial charge in [-0.3, -0.25) is 9.59 Å². The van der Waals surface area contributed by atoms with E-state index in [0.717, 1.165) is 31.6 Å². The standard InChI is InChI=1S/C12H23N3O2S/c1-2-6-14-10(12(13)17)5-7-18-8-11(16)15-9-3-4-9/h9-10,14H,2-8H2,1H3,(H2,13,17)(H,15,16). The highest BCUT2D eigenvalue weighted by atomic mass is 32.2. The molecule has 1 aliphatic carbocycles. The van der Waals surface area contributed by atoms with Crippen molar-refractivity contribution in [3.8, 4) is 0 Å². The van der Waals surface area contributed by atoms with Crippen LogP contribution in [0, 0.1) is 0 Å². The van der Waals surface area contributed by atoms with Crippen LogP contribution < -0.4 is 16.4 Å². The summed E-state index contributed by atoms with van der Waals surface area (Å²) in [5.41, 5.74) is 5.30. The summed E-state index contributed by atoms with van der Waals surface area (Å²) in [5.74, 6) is 1.02. The number of hydrogen-bond acceptors (Lipinski definition) is 4. The highest BCUT2D eigenvalue weighted by Crippen LogP contribution is 2.18. The molecule has 0 aliphatic heterocycles. The van der Waals surface area contributed by atoms with E-state index in [1.807, 2.05) is 6.92 Å². The molecule has 6 heteroatoms. The smallest absolute Gasteiger partial charge is 0.234 e. The van der Waals surface area contributed by atoms with Gasteiger partial charge in [0.05, 0.1) is 11.8 Å². The second kappa shape index (κ2) is 8.37. The van der Waals surface area contributed by atoms with Gasteiger partial charge in [0, 0.05) is 6.04 Å². The lowest BCUT2D eigenvalue weighted by Crippen LogP contribution is -2.42. The summed E-state index contributed by atoms with van der Waals surface area (Å²) in [7, 11) is 0. The monoisotopic (exact) mass is 273 g/mol. The fraction of sp³-hybridized carbons (Fsp3) is 0.833. The van der Waals surface area contributed by atoms with E-state index in [-0.39, 0.29) is 17.9 Å². The van der Waals surface area contributed by atoms with Gasteiger partial charge >= 0.3 is 0 Å². The summed E-state index contributed by atoms with van der Waals surface area (Å²) >= 11 is 1.55. The van der Waals surface area contributed by atoms with Crippen LogP contribution in [0.4, 0.5) is 0 Å². The number of hydrogen-bond donors (Lipinski definition) is 3. The third-order valence-electron chi connectivity index (χ3n) is 2.71. The van der Waals surface area contributed by atoms with E-state index in [2.05, 4.69) is 10.6 Å². The first kappa shape index (κ1) is 15.3. The lowest BCUT2D eigenvalue weighted by molar-refractivity contribution is -0.120. The summed E-state index contributed by atoms with van der Waals surface area (Å²) in [6.07, 6.45) is 3.87. The van der Waals surface area contributed by atoms with E-state index in [1.165, 1.54) is 0 Å². The lowest BCUT2D eigenvalue weighted by atomic mass is 10.2. The number of carbonyl (C=O) groups excluding carboxylic acids is 2. The first-order valence-electron chi connectivity index (χ1n) is 6.53. The van der Waals surface area contributed by atoms with Gasteiger partial charge in [-0.1, -0.05) is 6.92 Å². The number of thioether (sulfide) groups is 1. The minimum absolute atomic E-state index is 0.0969. The van der Waals surface area contributed by atoms with E-state index in [1.54, 1.807) is 11.8 Å². The average molecular weight is 273 g/mol. The fourth-order valence-corrected chi connectivity index (χ4v) is 2.34. The molecule has 0 spiro atoms. The average Bonchev–Trinajstić information content (AvgIpc) is 3.11. The number of carbonyl (C=O) groups is 2. The molecule has 1 unspecified atom stereocenters. The van der Waals surface area contributed by atoms with Crippen molar-refractivity contribution in [3.05, 3.63) is 0 Å². The van der Waals surface area contributed by atoms with Crippen molar-refractivity contribution in [2.75, 3.05) is 18.1 Å². The number of amides is 2. The summed E-state index contributed by atoms with van der Waals surface area (Å²) in [6, 6.07) is 0.145. The van der Waals surface area contributed by atoms with Gasteiger partial charge in [0.15, 0.2) is 0 Å². The molecule has 0 aromatic heterocycles. The zero-order chi connectivity index (χ0) is 13.4. The molecule has 1 fully saturated rings. The van der Waals surface area contributed by atoms with Gasteiger partial charge in [-0.2, -0.15) is 11.8 Å². The zero-order valence-electron chi connectivity index (χ0n) is 10.9. The maximum atomic E-state index is 11.4. The van der Waals surface area contributed by atoms with Crippen molar-refractivity contribution in [3.63, 3.8) is 0 Å². The molecule has 5 nitrogen and oxygen atoms in total. The molecule has 104 valence electrons. The Balaban J connectivity index is 2.05. The molecule has 0 aromatic carbocycles. The van der Waals surface area contributed by atoms with Gasteiger partial charge in [0.1, 0.15) is 0 Å². The Morgan fingerprint density at radius 1 is 1.44 bits per heavy atom. The minimum Gasteiger partial charge on any atom is -0.368 e. The van der Waals surface area contributed by atoms with E-state index in [4.69, 9.17) is 5.73 Å². The Hall–Kier alpha value is -0.750. The quantitative estimate of drug-likeness (QED) is 0.498. The normalized spacial score (nSPS) is 16.3. The van der Waals surface area contributed by atoms with Crippen LogP contribution in [0.1, 0.15) is 32.6 Å². The Kier molecular flexibility index (Phi) is 7.12. The highest BCUT2D eigenvalue weighted by molar-refractivity contribution is 7.99. The first-order valence-corrected chi connectivity index (χ1v) is 7.68. The van der Waals surface area contributed by atoms with Gasteiger partial charge < -0.3 is 16.4 Å². The van der Waals surface area contributed by atoms with Gasteiger partial charge in [0.2, 0.25) is 11.8 Å². The van der Waals surface area contributed by atoms with Crippen molar-refractivity contribution in [2.24, 2.45) is 5.73 Å². The van der Waals surface area contributed by atoms with Crippen LogP contribution in [0.25, 0.3) is 0 Å². The predicted molar refractivity (Wildman–Crippen MR) is 74.4 cm³/mol. The van der Waals surface area contributed by atoms with Crippen LogP contribution in [0.15, 0.2) is 0 Å².